The minimum absolute atomic E-state index is 0.306. The number of nitrogens with zero attached hydrogens (tertiary/aromatic N) is 1. The van der Waals surface area contributed by atoms with Crippen molar-refractivity contribution in [3.05, 3.63) is 10.1 Å². The van der Waals surface area contributed by atoms with Crippen LogP contribution in [0.4, 0.5) is 0 Å². The van der Waals surface area contributed by atoms with Crippen LogP contribution in [0.25, 0.3) is 0 Å². The van der Waals surface area contributed by atoms with Crippen molar-refractivity contribution in [1.29, 1.82) is 0 Å². The molecule has 5 heteroatoms. The molecule has 0 aromatic carbocycles. The lowest BCUT2D eigenvalue weighted by molar-refractivity contribution is -0.767. The Morgan fingerprint density at radius 3 is 2.78 bits per heavy atom. The summed E-state index contributed by atoms with van der Waals surface area (Å²) in [6, 6.07) is 0. The Bertz CT molecular complexity index is 97.8. The molecule has 0 amide bonds. The highest BCUT2D eigenvalue weighted by atomic mass is 79.9. The first-order valence-electron chi connectivity index (χ1n) is 2.54. The summed E-state index contributed by atoms with van der Waals surface area (Å²) in [7, 11) is 0. The minimum atomic E-state index is -0.771. The van der Waals surface area contributed by atoms with Crippen LogP contribution < -0.4 is 0 Å². The van der Waals surface area contributed by atoms with Crippen LogP contribution in [0.2, 0.25) is 0 Å². The number of halogens is 1. The molecule has 0 aromatic rings. The van der Waals surface area contributed by atoms with Gasteiger partial charge < -0.3 is 4.84 Å². The Hall–Kier alpha value is -0.320. The van der Waals surface area contributed by atoms with Crippen molar-refractivity contribution in [2.45, 2.75) is 19.4 Å². The van der Waals surface area contributed by atoms with E-state index in [0.717, 1.165) is 5.33 Å². The number of alkyl halides is 1. The fourth-order valence-corrected chi connectivity index (χ4v) is 0.998. The van der Waals surface area contributed by atoms with E-state index in [2.05, 4.69) is 20.8 Å². The van der Waals surface area contributed by atoms with Gasteiger partial charge in [-0.15, -0.1) is 10.1 Å². The summed E-state index contributed by atoms with van der Waals surface area (Å²) in [5.41, 5.74) is 0. The van der Waals surface area contributed by atoms with Gasteiger partial charge in [0.15, 0.2) is 0 Å². The molecule has 0 aliphatic carbocycles. The normalized spacial score (nSPS) is 12.7. The molecule has 0 fully saturated rings. The molecule has 54 valence electrons. The van der Waals surface area contributed by atoms with Crippen molar-refractivity contribution < 1.29 is 9.92 Å². The third-order valence-electron chi connectivity index (χ3n) is 0.782. The molecule has 0 heterocycles. The monoisotopic (exact) mass is 197 g/mol. The number of hydrogen-bond donors (Lipinski definition) is 0. The molecule has 1 atom stereocenters. The van der Waals surface area contributed by atoms with E-state index in [-0.39, 0.29) is 6.10 Å². The van der Waals surface area contributed by atoms with Crippen LogP contribution in [-0.2, 0) is 4.84 Å². The Balaban J connectivity index is 3.26. The lowest BCUT2D eigenvalue weighted by Gasteiger charge is -2.04. The molecule has 0 aliphatic heterocycles. The summed E-state index contributed by atoms with van der Waals surface area (Å²) >= 11 is 3.14. The Kier molecular flexibility index (Phi) is 4.39. The van der Waals surface area contributed by atoms with Gasteiger partial charge in [0.1, 0.15) is 6.10 Å². The lowest BCUT2D eigenvalue weighted by Crippen LogP contribution is -2.13. The van der Waals surface area contributed by atoms with Gasteiger partial charge in [-0.3, -0.25) is 0 Å². The summed E-state index contributed by atoms with van der Waals surface area (Å²) in [5.74, 6) is 0. The van der Waals surface area contributed by atoms with E-state index in [9.17, 15) is 10.1 Å². The molecule has 1 unspecified atom stereocenters. The van der Waals surface area contributed by atoms with E-state index < -0.39 is 5.09 Å². The number of rotatable bonds is 4. The minimum Gasteiger partial charge on any atom is -0.311 e. The zero-order valence-corrected chi connectivity index (χ0v) is 6.63. The van der Waals surface area contributed by atoms with E-state index in [1.54, 1.807) is 6.92 Å². The quantitative estimate of drug-likeness (QED) is 0.389. The summed E-state index contributed by atoms with van der Waals surface area (Å²) < 4.78 is 0. The van der Waals surface area contributed by atoms with Gasteiger partial charge in [-0.2, -0.15) is 0 Å². The average molecular weight is 198 g/mol. The molecule has 0 bridgehead atoms. The molecule has 0 rings (SSSR count). The highest BCUT2D eigenvalue weighted by Gasteiger charge is 2.03. The van der Waals surface area contributed by atoms with Gasteiger partial charge in [0.25, 0.3) is 5.09 Å². The van der Waals surface area contributed by atoms with Crippen LogP contribution in [0.5, 0.6) is 0 Å². The molecule has 0 saturated carbocycles. The molecule has 0 saturated heterocycles. The molecule has 0 radical (unpaired) electrons. The standard InChI is InChI=1S/C4H8BrNO3/c1-4(2-3-5)9-6(7)8/h4H,2-3H2,1H3. The molecule has 9 heavy (non-hydrogen) atoms. The maximum absolute atomic E-state index is 9.65. The maximum atomic E-state index is 9.65. The molecule has 0 aliphatic rings. The van der Waals surface area contributed by atoms with Crippen molar-refractivity contribution in [2.24, 2.45) is 0 Å². The second kappa shape index (κ2) is 4.55. The third kappa shape index (κ3) is 5.55. The van der Waals surface area contributed by atoms with E-state index in [0.29, 0.717) is 6.42 Å². The largest absolute Gasteiger partial charge is 0.311 e. The SMILES string of the molecule is CC(CCBr)O[N+](=O)[O-]. The predicted molar refractivity (Wildman–Crippen MR) is 36.0 cm³/mol. The second-order valence-electron chi connectivity index (χ2n) is 1.62. The Morgan fingerprint density at radius 2 is 2.44 bits per heavy atom. The van der Waals surface area contributed by atoms with Crippen molar-refractivity contribution in [2.75, 3.05) is 5.33 Å². The van der Waals surface area contributed by atoms with Crippen LogP contribution in [-0.4, -0.2) is 16.5 Å². The first-order chi connectivity index (χ1) is 4.16. The molecular weight excluding hydrogens is 190 g/mol. The highest BCUT2D eigenvalue weighted by molar-refractivity contribution is 9.09. The molecule has 0 spiro atoms. The van der Waals surface area contributed by atoms with Gasteiger partial charge in [0.05, 0.1) is 0 Å². The van der Waals surface area contributed by atoms with E-state index in [4.69, 9.17) is 0 Å². The summed E-state index contributed by atoms with van der Waals surface area (Å²) in [6.07, 6.45) is 0.348. The first kappa shape index (κ1) is 8.68. The van der Waals surface area contributed by atoms with Gasteiger partial charge in [0, 0.05) is 5.33 Å². The van der Waals surface area contributed by atoms with Crippen molar-refractivity contribution in [1.82, 2.24) is 0 Å². The smallest absolute Gasteiger partial charge is 0.294 e. The average Bonchev–Trinajstić information content (AvgIpc) is 1.63. The lowest BCUT2D eigenvalue weighted by atomic mass is 10.3. The number of hydrogen-bond acceptors (Lipinski definition) is 3. The van der Waals surface area contributed by atoms with Crippen LogP contribution in [0, 0.1) is 10.1 Å². The van der Waals surface area contributed by atoms with E-state index >= 15 is 0 Å². The van der Waals surface area contributed by atoms with Crippen LogP contribution in [0.3, 0.4) is 0 Å². The highest BCUT2D eigenvalue weighted by Crippen LogP contribution is 1.99. The van der Waals surface area contributed by atoms with Gasteiger partial charge in [-0.25, -0.2) is 0 Å². The van der Waals surface area contributed by atoms with Crippen LogP contribution in [0.15, 0.2) is 0 Å². The summed E-state index contributed by atoms with van der Waals surface area (Å²) in [4.78, 5) is 13.8. The topological polar surface area (TPSA) is 52.4 Å². The fraction of sp³-hybridized carbons (Fsp3) is 1.00. The first-order valence-corrected chi connectivity index (χ1v) is 3.66. The molecular formula is C4H8BrNO3. The third-order valence-corrected chi connectivity index (χ3v) is 1.24. The van der Waals surface area contributed by atoms with Crippen LogP contribution in [0.1, 0.15) is 13.3 Å². The zero-order valence-electron chi connectivity index (χ0n) is 5.04. The van der Waals surface area contributed by atoms with Crippen molar-refractivity contribution >= 4 is 15.9 Å². The van der Waals surface area contributed by atoms with Gasteiger partial charge in [-0.1, -0.05) is 15.9 Å². The molecule has 0 N–H and O–H groups in total. The second-order valence-corrected chi connectivity index (χ2v) is 2.41. The summed E-state index contributed by atoms with van der Waals surface area (Å²) in [5, 5.41) is 9.61. The zero-order chi connectivity index (χ0) is 7.28. The maximum Gasteiger partial charge on any atom is 0.294 e. The molecule has 0 aromatic heterocycles. The van der Waals surface area contributed by atoms with Gasteiger partial charge >= 0.3 is 0 Å². The van der Waals surface area contributed by atoms with Crippen LogP contribution >= 0.6 is 15.9 Å². The molecule has 4 nitrogen and oxygen atoms in total. The predicted octanol–water partition coefficient (Wildman–Crippen LogP) is 1.37. The fourth-order valence-electron chi connectivity index (χ4n) is 0.353. The van der Waals surface area contributed by atoms with E-state index in [1.807, 2.05) is 0 Å². The Morgan fingerprint density at radius 1 is 1.89 bits per heavy atom. The van der Waals surface area contributed by atoms with Crippen molar-refractivity contribution in [3.63, 3.8) is 0 Å². The summed E-state index contributed by atoms with van der Waals surface area (Å²) in [6.45, 7) is 1.66. The van der Waals surface area contributed by atoms with Crippen molar-refractivity contribution in [3.8, 4) is 0 Å². The Labute approximate surface area is 61.4 Å². The van der Waals surface area contributed by atoms with E-state index in [1.165, 1.54) is 0 Å². The van der Waals surface area contributed by atoms with Gasteiger partial charge in [0.2, 0.25) is 0 Å². The van der Waals surface area contributed by atoms with Gasteiger partial charge in [-0.05, 0) is 13.3 Å².